The molecule has 1 N–H and O–H groups in total. The van der Waals surface area contributed by atoms with Crippen LogP contribution in [0.4, 0.5) is 4.79 Å². The standard InChI is InChI=1S/C18H23BrN2O5/c1-18(2,3)26-17(23)21-7-6-20-11(8-21)9-24-15-13-10-25-16(22)12(13)4-5-14(15)19/h4-5,11,20H,6-10H2,1-3H3/t11-/m1/s1. The van der Waals surface area contributed by atoms with Crippen LogP contribution in [0.1, 0.15) is 36.7 Å². The number of amides is 1. The van der Waals surface area contributed by atoms with Crippen molar-refractivity contribution in [3.8, 4) is 5.75 Å². The lowest BCUT2D eigenvalue weighted by atomic mass is 10.1. The van der Waals surface area contributed by atoms with E-state index in [1.807, 2.05) is 20.8 Å². The van der Waals surface area contributed by atoms with Crippen molar-refractivity contribution in [2.75, 3.05) is 26.2 Å². The second-order valence-electron chi connectivity index (χ2n) is 7.37. The van der Waals surface area contributed by atoms with Crippen LogP contribution in [0.3, 0.4) is 0 Å². The normalized spacial score (nSPS) is 19.8. The molecule has 8 heteroatoms. The van der Waals surface area contributed by atoms with E-state index in [0.29, 0.717) is 37.6 Å². The summed E-state index contributed by atoms with van der Waals surface area (Å²) in [5.41, 5.74) is 0.773. The highest BCUT2D eigenvalue weighted by molar-refractivity contribution is 9.10. The van der Waals surface area contributed by atoms with E-state index in [9.17, 15) is 9.59 Å². The van der Waals surface area contributed by atoms with Crippen LogP contribution in [0.25, 0.3) is 0 Å². The van der Waals surface area contributed by atoms with Gasteiger partial charge in [0.2, 0.25) is 0 Å². The molecular weight excluding hydrogens is 404 g/mol. The molecule has 142 valence electrons. The van der Waals surface area contributed by atoms with E-state index >= 15 is 0 Å². The van der Waals surface area contributed by atoms with E-state index in [1.54, 1.807) is 17.0 Å². The summed E-state index contributed by atoms with van der Waals surface area (Å²) >= 11 is 3.47. The number of piperazine rings is 1. The van der Waals surface area contributed by atoms with Crippen LogP contribution in [0.15, 0.2) is 16.6 Å². The fourth-order valence-corrected chi connectivity index (χ4v) is 3.40. The molecule has 0 bridgehead atoms. The number of nitrogens with one attached hydrogen (secondary N) is 1. The SMILES string of the molecule is CC(C)(C)OC(=O)N1CCN[C@@H](COc2c(Br)ccc3c2COC3=O)C1. The predicted octanol–water partition coefficient (Wildman–Crippen LogP) is 2.71. The van der Waals surface area contributed by atoms with Crippen LogP contribution in [0.5, 0.6) is 5.75 Å². The summed E-state index contributed by atoms with van der Waals surface area (Å²) in [6.45, 7) is 7.89. The van der Waals surface area contributed by atoms with Gasteiger partial charge in [0.15, 0.2) is 0 Å². The number of halogens is 1. The quantitative estimate of drug-likeness (QED) is 0.748. The Kier molecular flexibility index (Phi) is 5.43. The van der Waals surface area contributed by atoms with Crippen molar-refractivity contribution >= 4 is 28.0 Å². The minimum absolute atomic E-state index is 0.0305. The Labute approximate surface area is 161 Å². The molecule has 2 aliphatic rings. The van der Waals surface area contributed by atoms with E-state index in [-0.39, 0.29) is 24.7 Å². The van der Waals surface area contributed by atoms with Crippen molar-refractivity contribution in [3.63, 3.8) is 0 Å². The second-order valence-corrected chi connectivity index (χ2v) is 8.22. The van der Waals surface area contributed by atoms with Crippen LogP contribution in [0, 0.1) is 0 Å². The van der Waals surface area contributed by atoms with E-state index in [0.717, 1.165) is 10.0 Å². The molecule has 0 spiro atoms. The largest absolute Gasteiger partial charge is 0.490 e. The summed E-state index contributed by atoms with van der Waals surface area (Å²) in [6.07, 6.45) is -0.315. The maximum atomic E-state index is 12.3. The third-order valence-corrected chi connectivity index (χ3v) is 4.74. The first-order valence-electron chi connectivity index (χ1n) is 8.57. The summed E-state index contributed by atoms with van der Waals surface area (Å²) in [6, 6.07) is 3.48. The number of benzene rings is 1. The van der Waals surface area contributed by atoms with E-state index in [2.05, 4.69) is 21.2 Å². The molecule has 7 nitrogen and oxygen atoms in total. The molecule has 1 atom stereocenters. The average Bonchev–Trinajstić information content (AvgIpc) is 2.94. The van der Waals surface area contributed by atoms with Gasteiger partial charge in [-0.3, -0.25) is 0 Å². The molecule has 26 heavy (non-hydrogen) atoms. The van der Waals surface area contributed by atoms with Crippen molar-refractivity contribution in [3.05, 3.63) is 27.7 Å². The Morgan fingerprint density at radius 3 is 2.92 bits per heavy atom. The average molecular weight is 427 g/mol. The number of carbonyl (C=O) groups is 2. The maximum Gasteiger partial charge on any atom is 0.410 e. The fraction of sp³-hybridized carbons (Fsp3) is 0.556. The molecule has 3 rings (SSSR count). The molecular formula is C18H23BrN2O5. The van der Waals surface area contributed by atoms with Gasteiger partial charge in [-0.2, -0.15) is 0 Å². The number of hydrogen-bond donors (Lipinski definition) is 1. The number of carbonyl (C=O) groups excluding carboxylic acids is 2. The lowest BCUT2D eigenvalue weighted by Crippen LogP contribution is -2.55. The van der Waals surface area contributed by atoms with E-state index in [1.165, 1.54) is 0 Å². The van der Waals surface area contributed by atoms with Crippen molar-refractivity contribution in [1.29, 1.82) is 0 Å². The third-order valence-electron chi connectivity index (χ3n) is 4.12. The number of nitrogens with zero attached hydrogens (tertiary/aromatic N) is 1. The Morgan fingerprint density at radius 2 is 2.19 bits per heavy atom. The lowest BCUT2D eigenvalue weighted by Gasteiger charge is -2.34. The number of cyclic esters (lactones) is 1. The predicted molar refractivity (Wildman–Crippen MR) is 98.4 cm³/mol. The summed E-state index contributed by atoms with van der Waals surface area (Å²) < 4.78 is 17.3. The van der Waals surface area contributed by atoms with Gasteiger partial charge in [-0.05, 0) is 48.8 Å². The zero-order chi connectivity index (χ0) is 18.9. The van der Waals surface area contributed by atoms with Gasteiger partial charge >= 0.3 is 12.1 Å². The van der Waals surface area contributed by atoms with E-state index in [4.69, 9.17) is 14.2 Å². The van der Waals surface area contributed by atoms with Gasteiger partial charge in [0, 0.05) is 25.2 Å². The van der Waals surface area contributed by atoms with Gasteiger partial charge in [0.1, 0.15) is 24.6 Å². The highest BCUT2D eigenvalue weighted by Crippen LogP contribution is 2.36. The molecule has 0 aromatic heterocycles. The summed E-state index contributed by atoms with van der Waals surface area (Å²) in [5, 5.41) is 3.35. The van der Waals surface area contributed by atoms with Crippen molar-refractivity contribution in [1.82, 2.24) is 10.2 Å². The van der Waals surface area contributed by atoms with Crippen LogP contribution < -0.4 is 10.1 Å². The van der Waals surface area contributed by atoms with Crippen molar-refractivity contribution in [2.24, 2.45) is 0 Å². The Bertz CT molecular complexity index is 716. The molecule has 2 aliphatic heterocycles. The first-order chi connectivity index (χ1) is 12.2. The van der Waals surface area contributed by atoms with Crippen LogP contribution in [0.2, 0.25) is 0 Å². The van der Waals surface area contributed by atoms with Crippen molar-refractivity contribution in [2.45, 2.75) is 39.0 Å². The highest BCUT2D eigenvalue weighted by atomic mass is 79.9. The molecule has 0 unspecified atom stereocenters. The molecule has 0 aliphatic carbocycles. The Balaban J connectivity index is 1.62. The smallest absolute Gasteiger partial charge is 0.410 e. The van der Waals surface area contributed by atoms with Crippen LogP contribution >= 0.6 is 15.9 Å². The summed E-state index contributed by atoms with van der Waals surface area (Å²) in [7, 11) is 0. The van der Waals surface area contributed by atoms with Gasteiger partial charge in [0.25, 0.3) is 0 Å². The molecule has 0 radical (unpaired) electrons. The summed E-state index contributed by atoms with van der Waals surface area (Å²) in [4.78, 5) is 25.6. The molecule has 0 saturated carbocycles. The number of hydrogen-bond acceptors (Lipinski definition) is 6. The monoisotopic (exact) mass is 426 g/mol. The number of fused-ring (bicyclic) bond motifs is 1. The fourth-order valence-electron chi connectivity index (χ4n) is 2.92. The van der Waals surface area contributed by atoms with Crippen LogP contribution in [-0.4, -0.2) is 54.8 Å². The van der Waals surface area contributed by atoms with Gasteiger partial charge in [0.05, 0.1) is 16.1 Å². The van der Waals surface area contributed by atoms with Gasteiger partial charge < -0.3 is 24.4 Å². The second kappa shape index (κ2) is 7.44. The van der Waals surface area contributed by atoms with Gasteiger partial charge in [-0.15, -0.1) is 0 Å². The van der Waals surface area contributed by atoms with E-state index < -0.39 is 5.60 Å². The number of rotatable bonds is 3. The molecule has 1 amide bonds. The molecule has 1 saturated heterocycles. The third kappa shape index (κ3) is 4.29. The summed E-state index contributed by atoms with van der Waals surface area (Å²) in [5.74, 6) is 0.286. The first-order valence-corrected chi connectivity index (χ1v) is 9.36. The molecule has 1 aromatic carbocycles. The Hall–Kier alpha value is -1.80. The minimum Gasteiger partial charge on any atom is -0.490 e. The molecule has 1 fully saturated rings. The van der Waals surface area contributed by atoms with Crippen molar-refractivity contribution < 1.29 is 23.8 Å². The number of ether oxygens (including phenoxy) is 3. The number of esters is 1. The maximum absolute atomic E-state index is 12.3. The topological polar surface area (TPSA) is 77.1 Å². The lowest BCUT2D eigenvalue weighted by molar-refractivity contribution is 0.0178. The highest BCUT2D eigenvalue weighted by Gasteiger charge is 2.29. The van der Waals surface area contributed by atoms with Crippen LogP contribution in [-0.2, 0) is 16.1 Å². The van der Waals surface area contributed by atoms with Gasteiger partial charge in [-0.1, -0.05) is 0 Å². The zero-order valence-electron chi connectivity index (χ0n) is 15.1. The zero-order valence-corrected chi connectivity index (χ0v) is 16.7. The minimum atomic E-state index is -0.518. The Morgan fingerprint density at radius 1 is 1.42 bits per heavy atom. The first kappa shape index (κ1) is 19.0. The molecule has 2 heterocycles. The van der Waals surface area contributed by atoms with Gasteiger partial charge in [-0.25, -0.2) is 9.59 Å². The molecule has 1 aromatic rings.